The van der Waals surface area contributed by atoms with E-state index in [4.69, 9.17) is 26.5 Å². The minimum Gasteiger partial charge on any atom is -0.443 e. The third-order valence-corrected chi connectivity index (χ3v) is 9.94. The van der Waals surface area contributed by atoms with Gasteiger partial charge in [-0.1, -0.05) is 23.7 Å². The van der Waals surface area contributed by atoms with E-state index in [2.05, 4.69) is 5.32 Å². The number of benzene rings is 2. The van der Waals surface area contributed by atoms with Crippen molar-refractivity contribution in [1.29, 1.82) is 5.41 Å². The summed E-state index contributed by atoms with van der Waals surface area (Å²) in [6.45, 7) is 11.6. The van der Waals surface area contributed by atoms with Crippen LogP contribution in [0.5, 0.6) is 0 Å². The summed E-state index contributed by atoms with van der Waals surface area (Å²) in [5.41, 5.74) is -1.84. The number of sulfonamides is 1. The lowest BCUT2D eigenvalue weighted by atomic mass is 9.82. The van der Waals surface area contributed by atoms with Gasteiger partial charge in [0.1, 0.15) is 17.0 Å². The van der Waals surface area contributed by atoms with Crippen molar-refractivity contribution in [1.82, 2.24) is 19.4 Å². The zero-order valence-electron chi connectivity index (χ0n) is 27.3. The summed E-state index contributed by atoms with van der Waals surface area (Å²) in [4.78, 5) is 42.2. The Morgan fingerprint density at radius 2 is 1.50 bits per heavy atom. The molecule has 0 aliphatic carbocycles. The number of carbonyl (C=O) groups is 3. The average molecular weight is 678 g/mol. The molecule has 0 spiro atoms. The Morgan fingerprint density at radius 3 is 2.09 bits per heavy atom. The number of amidine groups is 1. The lowest BCUT2D eigenvalue weighted by Gasteiger charge is -2.38. The highest BCUT2D eigenvalue weighted by atomic mass is 35.5. The first-order valence-electron chi connectivity index (χ1n) is 15.4. The van der Waals surface area contributed by atoms with Gasteiger partial charge in [-0.25, -0.2) is 18.0 Å². The van der Waals surface area contributed by atoms with E-state index in [0.717, 1.165) is 10.8 Å². The van der Waals surface area contributed by atoms with E-state index in [1.807, 2.05) is 0 Å². The number of piperidine rings is 1. The maximum atomic E-state index is 13.5. The first kappa shape index (κ1) is 35.6. The van der Waals surface area contributed by atoms with E-state index >= 15 is 0 Å². The maximum Gasteiger partial charge on any atom is 0.425 e. The van der Waals surface area contributed by atoms with Crippen molar-refractivity contribution < 1.29 is 32.3 Å². The number of carbonyl (C=O) groups excluding carboxylic acids is 3. The van der Waals surface area contributed by atoms with Gasteiger partial charge in [-0.05, 0) is 95.5 Å². The Labute approximate surface area is 275 Å². The molecule has 0 aromatic heterocycles. The molecule has 0 bridgehead atoms. The van der Waals surface area contributed by atoms with Crippen LogP contribution in [0, 0.1) is 17.2 Å². The summed E-state index contributed by atoms with van der Waals surface area (Å²) in [5.74, 6) is -1.48. The molecule has 2 N–H and O–H groups in total. The molecule has 2 aliphatic rings. The summed E-state index contributed by atoms with van der Waals surface area (Å²) in [6.07, 6.45) is -1.42. The van der Waals surface area contributed by atoms with Gasteiger partial charge in [0.25, 0.3) is 0 Å². The van der Waals surface area contributed by atoms with Crippen molar-refractivity contribution in [3.63, 3.8) is 0 Å². The molecule has 2 unspecified atom stereocenters. The molecule has 12 nitrogen and oxygen atoms in total. The molecule has 14 heteroatoms. The molecule has 2 aromatic carbocycles. The molecule has 2 aliphatic heterocycles. The van der Waals surface area contributed by atoms with Crippen LogP contribution in [0.2, 0.25) is 5.02 Å². The first-order chi connectivity index (χ1) is 21.4. The number of nitrogens with one attached hydrogen (secondary N) is 2. The molecule has 0 radical (unpaired) electrons. The lowest BCUT2D eigenvalue weighted by Crippen LogP contribution is -2.54. The molecule has 3 amide bonds. The Morgan fingerprint density at radius 1 is 0.935 bits per heavy atom. The maximum absolute atomic E-state index is 13.5. The summed E-state index contributed by atoms with van der Waals surface area (Å²) >= 11 is 6.06. The summed E-state index contributed by atoms with van der Waals surface area (Å²) in [5, 5.41) is 14.3. The molecule has 2 aromatic rings. The Bertz CT molecular complexity index is 1570. The predicted molar refractivity (Wildman–Crippen MR) is 175 cm³/mol. The number of rotatable bonds is 5. The van der Waals surface area contributed by atoms with Crippen LogP contribution in [0.25, 0.3) is 10.8 Å². The van der Waals surface area contributed by atoms with Gasteiger partial charge in [0.2, 0.25) is 15.9 Å². The van der Waals surface area contributed by atoms with Gasteiger partial charge in [-0.3, -0.25) is 10.2 Å². The number of nitrogens with zero attached hydrogens (tertiary/aromatic N) is 3. The average Bonchev–Trinajstić information content (AvgIpc) is 2.95. The minimum absolute atomic E-state index is 0.0746. The summed E-state index contributed by atoms with van der Waals surface area (Å²) < 4.78 is 39.2. The van der Waals surface area contributed by atoms with E-state index in [0.29, 0.717) is 22.9 Å². The number of amides is 3. The lowest BCUT2D eigenvalue weighted by molar-refractivity contribution is -0.133. The van der Waals surface area contributed by atoms with Crippen LogP contribution in [0.1, 0.15) is 54.4 Å². The summed E-state index contributed by atoms with van der Waals surface area (Å²) in [6, 6.07) is 10.2. The van der Waals surface area contributed by atoms with Crippen LogP contribution < -0.4 is 5.32 Å². The Kier molecular flexibility index (Phi) is 10.7. The molecule has 2 heterocycles. The molecule has 2 fully saturated rings. The molecule has 2 atom stereocenters. The third-order valence-electron chi connectivity index (χ3n) is 7.81. The zero-order valence-corrected chi connectivity index (χ0v) is 28.8. The molecule has 4 rings (SSSR count). The predicted octanol–water partition coefficient (Wildman–Crippen LogP) is 5.09. The molecule has 252 valence electrons. The number of hydrogen-bond acceptors (Lipinski definition) is 9. The van der Waals surface area contributed by atoms with E-state index in [1.54, 1.807) is 82.8 Å². The molecular formula is C32H44ClN5O7S. The second-order valence-electron chi connectivity index (χ2n) is 13.7. The fraction of sp³-hybridized carbons (Fsp3) is 0.562. The summed E-state index contributed by atoms with van der Waals surface area (Å²) in [7, 11) is -3.78. The smallest absolute Gasteiger partial charge is 0.425 e. The van der Waals surface area contributed by atoms with Crippen molar-refractivity contribution >= 4 is 56.3 Å². The number of ether oxygens (including phenoxy) is 2. The second-order valence-corrected chi connectivity index (χ2v) is 16.1. The molecule has 0 saturated carbocycles. The van der Waals surface area contributed by atoms with E-state index < -0.39 is 39.3 Å². The number of imide groups is 1. The largest absolute Gasteiger partial charge is 0.443 e. The monoisotopic (exact) mass is 677 g/mol. The van der Waals surface area contributed by atoms with E-state index in [-0.39, 0.29) is 61.7 Å². The second kappa shape index (κ2) is 13.8. The highest BCUT2D eigenvalue weighted by Crippen LogP contribution is 2.29. The Balaban J connectivity index is 1.43. The molecule has 2 saturated heterocycles. The first-order valence-corrected chi connectivity index (χ1v) is 17.2. The molecular weight excluding hydrogens is 634 g/mol. The Hall–Kier alpha value is -3.26. The number of halogens is 1. The fourth-order valence-electron chi connectivity index (χ4n) is 5.56. The number of hydrogen-bond donors (Lipinski definition) is 2. The van der Waals surface area contributed by atoms with Crippen LogP contribution in [0.3, 0.4) is 0 Å². The standard InChI is InChI=1S/C32H44ClN5O7S/c1-31(2,3)44-29(40)38(30(41)45-32(4,5)6)28(34)26-20-35-12-11-23(26)19-27(39)36-13-15-37(16-14-36)46(42,43)25-10-8-21-17-24(33)9-7-22(21)18-25/h7-10,17-18,23,26,34-35H,11-16,19-20H2,1-6H3. The van der Waals surface area contributed by atoms with Crippen LogP contribution in [-0.2, 0) is 24.3 Å². The van der Waals surface area contributed by atoms with Gasteiger partial charge in [0, 0.05) is 50.1 Å². The normalized spacial score (nSPS) is 19.8. The number of piperazine rings is 1. The van der Waals surface area contributed by atoms with Crippen LogP contribution in [-0.4, -0.2) is 96.9 Å². The van der Waals surface area contributed by atoms with Gasteiger partial charge in [-0.15, -0.1) is 0 Å². The quantitative estimate of drug-likeness (QED) is 0.328. The van der Waals surface area contributed by atoms with Crippen molar-refractivity contribution in [2.24, 2.45) is 11.8 Å². The van der Waals surface area contributed by atoms with Gasteiger partial charge in [0.15, 0.2) is 0 Å². The van der Waals surface area contributed by atoms with Gasteiger partial charge in [-0.2, -0.15) is 9.21 Å². The van der Waals surface area contributed by atoms with E-state index in [1.165, 1.54) is 4.31 Å². The van der Waals surface area contributed by atoms with Crippen molar-refractivity contribution in [2.75, 3.05) is 39.3 Å². The SMILES string of the molecule is CC(C)(C)OC(=O)N(C(=N)C1CNCCC1CC(=O)N1CCN(S(=O)(=O)c2ccc3cc(Cl)ccc3c2)CC1)C(=O)OC(C)(C)C. The van der Waals surface area contributed by atoms with Crippen molar-refractivity contribution in [3.8, 4) is 0 Å². The van der Waals surface area contributed by atoms with Crippen LogP contribution in [0.4, 0.5) is 9.59 Å². The van der Waals surface area contributed by atoms with Crippen molar-refractivity contribution in [3.05, 3.63) is 41.4 Å². The number of fused-ring (bicyclic) bond motifs is 1. The fourth-order valence-corrected chi connectivity index (χ4v) is 7.20. The topological polar surface area (TPSA) is 149 Å². The van der Waals surface area contributed by atoms with Gasteiger partial charge < -0.3 is 19.7 Å². The third kappa shape index (κ3) is 8.75. The zero-order chi connectivity index (χ0) is 34.0. The van der Waals surface area contributed by atoms with E-state index in [9.17, 15) is 22.8 Å². The van der Waals surface area contributed by atoms with Crippen LogP contribution >= 0.6 is 11.6 Å². The van der Waals surface area contributed by atoms with Crippen LogP contribution in [0.15, 0.2) is 41.3 Å². The van der Waals surface area contributed by atoms with Crippen molar-refractivity contribution in [2.45, 2.75) is 70.5 Å². The highest BCUT2D eigenvalue weighted by molar-refractivity contribution is 7.89. The van der Waals surface area contributed by atoms with Gasteiger partial charge >= 0.3 is 12.2 Å². The highest BCUT2D eigenvalue weighted by Gasteiger charge is 2.41. The molecule has 46 heavy (non-hydrogen) atoms. The minimum atomic E-state index is -3.78. The van der Waals surface area contributed by atoms with Gasteiger partial charge in [0.05, 0.1) is 4.90 Å².